The molecule has 1 atom stereocenters. The van der Waals surface area contributed by atoms with Gasteiger partial charge < -0.3 is 14.7 Å². The van der Waals surface area contributed by atoms with Crippen LogP contribution in [0.1, 0.15) is 18.1 Å². The second-order valence-electron chi connectivity index (χ2n) is 5.04. The third-order valence-electron chi connectivity index (χ3n) is 3.57. The first-order valence-corrected chi connectivity index (χ1v) is 6.93. The molecule has 0 fully saturated rings. The van der Waals surface area contributed by atoms with Crippen molar-refractivity contribution in [3.63, 3.8) is 0 Å². The lowest BCUT2D eigenvalue weighted by Gasteiger charge is -2.14. The average molecular weight is 283 g/mol. The van der Waals surface area contributed by atoms with Crippen LogP contribution in [0.25, 0.3) is 0 Å². The summed E-state index contributed by atoms with van der Waals surface area (Å²) in [5.74, 6) is 1.64. The highest BCUT2D eigenvalue weighted by Gasteiger charge is 2.23. The Morgan fingerprint density at radius 2 is 2.00 bits per heavy atom. The van der Waals surface area contributed by atoms with E-state index in [4.69, 9.17) is 14.7 Å². The van der Waals surface area contributed by atoms with Crippen molar-refractivity contribution >= 4 is 5.71 Å². The van der Waals surface area contributed by atoms with Crippen molar-refractivity contribution in [1.29, 1.82) is 0 Å². The largest absolute Gasteiger partial charge is 0.489 e. The van der Waals surface area contributed by atoms with E-state index in [9.17, 15) is 0 Å². The molecule has 0 amide bonds. The molecule has 0 saturated carbocycles. The predicted octanol–water partition coefficient (Wildman–Crippen LogP) is 3.27. The number of rotatable bonds is 4. The number of nitrogens with zero attached hydrogens (tertiary/aromatic N) is 1. The van der Waals surface area contributed by atoms with E-state index in [0.717, 1.165) is 17.7 Å². The number of para-hydroxylation sites is 2. The van der Waals surface area contributed by atoms with Crippen molar-refractivity contribution < 1.29 is 14.7 Å². The quantitative estimate of drug-likeness (QED) is 0.532. The Bertz CT molecular complexity index is 642. The molecular formula is C17H17NO3. The van der Waals surface area contributed by atoms with Crippen LogP contribution in [0.3, 0.4) is 0 Å². The summed E-state index contributed by atoms with van der Waals surface area (Å²) in [6.07, 6.45) is 0.868. The minimum Gasteiger partial charge on any atom is -0.489 e. The van der Waals surface area contributed by atoms with Gasteiger partial charge in [0.15, 0.2) is 0 Å². The molecule has 0 saturated heterocycles. The van der Waals surface area contributed by atoms with Crippen LogP contribution in [-0.4, -0.2) is 23.6 Å². The van der Waals surface area contributed by atoms with Gasteiger partial charge in [0.05, 0.1) is 5.71 Å². The predicted molar refractivity (Wildman–Crippen MR) is 80.5 cm³/mol. The second kappa shape index (κ2) is 5.87. The Morgan fingerprint density at radius 3 is 2.81 bits per heavy atom. The van der Waals surface area contributed by atoms with Crippen LogP contribution < -0.4 is 9.47 Å². The molecule has 0 aromatic heterocycles. The second-order valence-corrected chi connectivity index (χ2v) is 5.04. The summed E-state index contributed by atoms with van der Waals surface area (Å²) < 4.78 is 11.7. The molecule has 4 nitrogen and oxygen atoms in total. The molecule has 0 radical (unpaired) electrons. The minimum atomic E-state index is 0.0156. The topological polar surface area (TPSA) is 51.1 Å². The third kappa shape index (κ3) is 2.84. The van der Waals surface area contributed by atoms with Crippen LogP contribution in [0, 0.1) is 0 Å². The molecule has 3 rings (SSSR count). The van der Waals surface area contributed by atoms with Gasteiger partial charge in [-0.25, -0.2) is 0 Å². The van der Waals surface area contributed by atoms with Gasteiger partial charge in [-0.1, -0.05) is 35.5 Å². The average Bonchev–Trinajstić information content (AvgIpc) is 2.95. The molecule has 1 aliphatic heterocycles. The summed E-state index contributed by atoms with van der Waals surface area (Å²) in [4.78, 5) is 0. The molecule has 0 spiro atoms. The summed E-state index contributed by atoms with van der Waals surface area (Å²) in [6.45, 7) is 2.20. The van der Waals surface area contributed by atoms with E-state index in [1.807, 2.05) is 42.5 Å². The first-order chi connectivity index (χ1) is 10.3. The number of oxime groups is 1. The Balaban J connectivity index is 1.67. The van der Waals surface area contributed by atoms with Crippen LogP contribution in [0.2, 0.25) is 0 Å². The molecule has 1 unspecified atom stereocenters. The molecule has 0 aliphatic carbocycles. The highest BCUT2D eigenvalue weighted by molar-refractivity contribution is 6.00. The third-order valence-corrected chi connectivity index (χ3v) is 3.57. The zero-order valence-electron chi connectivity index (χ0n) is 11.8. The van der Waals surface area contributed by atoms with Gasteiger partial charge in [0.25, 0.3) is 0 Å². The number of fused-ring (bicyclic) bond motifs is 1. The first-order valence-electron chi connectivity index (χ1n) is 6.93. The van der Waals surface area contributed by atoms with E-state index in [-0.39, 0.29) is 6.10 Å². The fourth-order valence-electron chi connectivity index (χ4n) is 2.47. The molecular weight excluding hydrogens is 266 g/mol. The van der Waals surface area contributed by atoms with Gasteiger partial charge in [-0.05, 0) is 30.7 Å². The van der Waals surface area contributed by atoms with Gasteiger partial charge >= 0.3 is 0 Å². The lowest BCUT2D eigenvalue weighted by atomic mass is 10.1. The van der Waals surface area contributed by atoms with Gasteiger partial charge in [-0.2, -0.15) is 0 Å². The summed E-state index contributed by atoms with van der Waals surface area (Å²) in [5.41, 5.74) is 2.53. The fourth-order valence-corrected chi connectivity index (χ4v) is 2.47. The van der Waals surface area contributed by atoms with Gasteiger partial charge in [0.2, 0.25) is 0 Å². The molecule has 2 aromatic rings. The molecule has 0 bridgehead atoms. The van der Waals surface area contributed by atoms with Crippen LogP contribution in [0.15, 0.2) is 53.7 Å². The summed E-state index contributed by atoms with van der Waals surface area (Å²) >= 11 is 0. The van der Waals surface area contributed by atoms with Crippen LogP contribution in [-0.2, 0) is 6.42 Å². The molecule has 1 heterocycles. The van der Waals surface area contributed by atoms with Crippen LogP contribution in [0.4, 0.5) is 0 Å². The lowest BCUT2D eigenvalue weighted by molar-refractivity contribution is 0.148. The Kier molecular flexibility index (Phi) is 3.77. The Morgan fingerprint density at radius 1 is 1.24 bits per heavy atom. The van der Waals surface area contributed by atoms with Gasteiger partial charge in [-0.15, -0.1) is 0 Å². The highest BCUT2D eigenvalue weighted by Crippen LogP contribution is 2.29. The zero-order chi connectivity index (χ0) is 14.7. The monoisotopic (exact) mass is 283 g/mol. The van der Waals surface area contributed by atoms with Crippen LogP contribution >= 0.6 is 0 Å². The number of benzene rings is 2. The van der Waals surface area contributed by atoms with Crippen molar-refractivity contribution in [3.05, 3.63) is 59.7 Å². The van der Waals surface area contributed by atoms with Gasteiger partial charge in [0.1, 0.15) is 24.2 Å². The maximum Gasteiger partial charge on any atom is 0.137 e. The van der Waals surface area contributed by atoms with Gasteiger partial charge in [-0.3, -0.25) is 0 Å². The highest BCUT2D eigenvalue weighted by atomic mass is 16.5. The van der Waals surface area contributed by atoms with Crippen molar-refractivity contribution in [1.82, 2.24) is 0 Å². The van der Waals surface area contributed by atoms with E-state index >= 15 is 0 Å². The minimum absolute atomic E-state index is 0.0156. The molecule has 21 heavy (non-hydrogen) atoms. The van der Waals surface area contributed by atoms with Crippen molar-refractivity contribution in [2.45, 2.75) is 19.4 Å². The summed E-state index contributed by atoms with van der Waals surface area (Å²) in [7, 11) is 0. The molecule has 1 N–H and O–H groups in total. The van der Waals surface area contributed by atoms with E-state index in [2.05, 4.69) is 11.2 Å². The number of ether oxygens (including phenoxy) is 2. The summed E-state index contributed by atoms with van der Waals surface area (Å²) in [5, 5.41) is 12.2. The van der Waals surface area contributed by atoms with E-state index in [1.165, 1.54) is 5.56 Å². The number of hydrogen-bond acceptors (Lipinski definition) is 4. The first kappa shape index (κ1) is 13.5. The van der Waals surface area contributed by atoms with E-state index < -0.39 is 0 Å². The summed E-state index contributed by atoms with van der Waals surface area (Å²) in [6, 6.07) is 15.6. The molecule has 1 aliphatic rings. The lowest BCUT2D eigenvalue weighted by Crippen LogP contribution is -2.22. The van der Waals surface area contributed by atoms with E-state index in [0.29, 0.717) is 18.1 Å². The molecule has 108 valence electrons. The smallest absolute Gasteiger partial charge is 0.137 e. The van der Waals surface area contributed by atoms with Crippen LogP contribution in [0.5, 0.6) is 11.5 Å². The zero-order valence-corrected chi connectivity index (χ0v) is 11.8. The number of hydrogen-bond donors (Lipinski definition) is 1. The molecule has 2 aromatic carbocycles. The fraction of sp³-hybridized carbons (Fsp3) is 0.235. The normalized spacial score (nSPS) is 17.2. The van der Waals surface area contributed by atoms with Crippen molar-refractivity contribution in [2.24, 2.45) is 5.16 Å². The van der Waals surface area contributed by atoms with Crippen molar-refractivity contribution in [3.8, 4) is 11.5 Å². The Labute approximate surface area is 123 Å². The standard InChI is InChI=1S/C17H17NO3/c1-12(18-19)15-7-3-5-9-17(15)20-11-14-10-13-6-2-4-8-16(13)21-14/h2-9,14,19H,10-11H2,1H3. The van der Waals surface area contributed by atoms with E-state index in [1.54, 1.807) is 6.92 Å². The Hall–Kier alpha value is -2.49. The maximum absolute atomic E-state index is 8.92. The maximum atomic E-state index is 8.92. The van der Waals surface area contributed by atoms with Gasteiger partial charge in [0, 0.05) is 12.0 Å². The SMILES string of the molecule is CC(=NO)c1ccccc1OCC1Cc2ccccc2O1. The van der Waals surface area contributed by atoms with Crippen molar-refractivity contribution in [2.75, 3.05) is 6.61 Å². The molecule has 4 heteroatoms.